The van der Waals surface area contributed by atoms with Gasteiger partial charge in [-0.05, 0) is 26.0 Å². The zero-order valence-electron chi connectivity index (χ0n) is 17.8. The Kier molecular flexibility index (Phi) is 6.33. The van der Waals surface area contributed by atoms with Crippen molar-refractivity contribution in [1.82, 2.24) is 20.1 Å². The summed E-state index contributed by atoms with van der Waals surface area (Å²) < 4.78 is 43.1. The molecule has 0 aliphatic carbocycles. The van der Waals surface area contributed by atoms with Crippen molar-refractivity contribution in [2.45, 2.75) is 31.4 Å². The van der Waals surface area contributed by atoms with Crippen molar-refractivity contribution in [1.29, 1.82) is 0 Å². The number of aromatic nitrogens is 3. The first kappa shape index (κ1) is 22.4. The fraction of sp³-hybridized carbons (Fsp3) is 0.182. The molecule has 2 heterocycles. The Hall–Kier alpha value is -3.83. The van der Waals surface area contributed by atoms with Gasteiger partial charge in [-0.1, -0.05) is 53.7 Å². The third-order valence-electron chi connectivity index (χ3n) is 4.67. The first-order valence-corrected chi connectivity index (χ1v) is 11.4. The van der Waals surface area contributed by atoms with Gasteiger partial charge < -0.3 is 13.7 Å². The van der Waals surface area contributed by atoms with E-state index in [1.54, 1.807) is 25.1 Å². The number of carbonyl (C=O) groups excluding carboxylic acids is 1. The molecule has 33 heavy (non-hydrogen) atoms. The molecule has 0 amide bonds. The third kappa shape index (κ3) is 4.99. The molecule has 0 fully saturated rings. The highest BCUT2D eigenvalue weighted by Gasteiger charge is 2.25. The number of nitrogens with zero attached hydrogens (tertiary/aromatic N) is 3. The smallest absolute Gasteiger partial charge is 0.324 e. The van der Waals surface area contributed by atoms with Crippen LogP contribution in [0.4, 0.5) is 0 Å². The molecular weight excluding hydrogens is 448 g/mol. The van der Waals surface area contributed by atoms with Crippen molar-refractivity contribution in [2.75, 3.05) is 0 Å². The van der Waals surface area contributed by atoms with Crippen molar-refractivity contribution >= 4 is 16.0 Å². The van der Waals surface area contributed by atoms with Crippen molar-refractivity contribution in [3.63, 3.8) is 0 Å². The number of rotatable bonds is 8. The lowest BCUT2D eigenvalue weighted by Gasteiger charge is -2.13. The Balaban J connectivity index is 1.42. The van der Waals surface area contributed by atoms with E-state index in [1.807, 2.05) is 30.3 Å². The predicted molar refractivity (Wildman–Crippen MR) is 116 cm³/mol. The second-order valence-corrected chi connectivity index (χ2v) is 8.81. The van der Waals surface area contributed by atoms with Crippen LogP contribution in [0.5, 0.6) is 0 Å². The Morgan fingerprint density at radius 2 is 1.73 bits per heavy atom. The molecule has 2 aromatic carbocycles. The van der Waals surface area contributed by atoms with E-state index in [1.165, 1.54) is 19.1 Å². The molecule has 0 radical (unpaired) electrons. The number of nitrogens with one attached hydrogen (secondary N) is 1. The molecule has 4 aromatic rings. The summed E-state index contributed by atoms with van der Waals surface area (Å²) in [4.78, 5) is 12.3. The first-order valence-electron chi connectivity index (χ1n) is 9.93. The maximum atomic E-state index is 12.4. The summed E-state index contributed by atoms with van der Waals surface area (Å²) in [6, 6.07) is 16.0. The predicted octanol–water partition coefficient (Wildman–Crippen LogP) is 3.11. The minimum Gasteiger partial charge on any atom is -0.454 e. The van der Waals surface area contributed by atoms with E-state index in [-0.39, 0.29) is 23.3 Å². The SMILES string of the molecule is Cc1onc(-c2ccccc2)c1-c1nnc(COC(=O)[C@H](C)NS(=O)(=O)c2ccccc2)o1. The van der Waals surface area contributed by atoms with Crippen LogP contribution in [0.15, 0.2) is 74.5 Å². The van der Waals surface area contributed by atoms with Crippen molar-refractivity contribution in [2.24, 2.45) is 0 Å². The molecule has 0 saturated heterocycles. The first-order chi connectivity index (χ1) is 15.8. The quantitative estimate of drug-likeness (QED) is 0.387. The van der Waals surface area contributed by atoms with Gasteiger partial charge in [0, 0.05) is 5.56 Å². The van der Waals surface area contributed by atoms with Crippen molar-refractivity contribution < 1.29 is 26.9 Å². The molecule has 2 aromatic heterocycles. The second-order valence-electron chi connectivity index (χ2n) is 7.09. The molecule has 0 saturated carbocycles. The van der Waals surface area contributed by atoms with Gasteiger partial charge in [0.2, 0.25) is 10.0 Å². The summed E-state index contributed by atoms with van der Waals surface area (Å²) in [5.74, 6) is -0.0991. The normalized spacial score (nSPS) is 12.4. The van der Waals surface area contributed by atoms with Crippen LogP contribution in [0, 0.1) is 6.92 Å². The summed E-state index contributed by atoms with van der Waals surface area (Å²) in [6.07, 6.45) is 0. The van der Waals surface area contributed by atoms with E-state index in [9.17, 15) is 13.2 Å². The minimum atomic E-state index is -3.87. The Labute approximate surface area is 189 Å². The Morgan fingerprint density at radius 3 is 2.42 bits per heavy atom. The summed E-state index contributed by atoms with van der Waals surface area (Å²) in [6.45, 7) is 2.78. The van der Waals surface area contributed by atoms with Gasteiger partial charge in [-0.2, -0.15) is 4.72 Å². The van der Waals surface area contributed by atoms with Gasteiger partial charge in [-0.3, -0.25) is 4.79 Å². The lowest BCUT2D eigenvalue weighted by Crippen LogP contribution is -2.39. The fourth-order valence-electron chi connectivity index (χ4n) is 3.04. The number of carbonyl (C=O) groups is 1. The molecule has 0 aliphatic rings. The molecule has 1 N–H and O–H groups in total. The summed E-state index contributed by atoms with van der Waals surface area (Å²) in [7, 11) is -3.87. The summed E-state index contributed by atoms with van der Waals surface area (Å²) >= 11 is 0. The van der Waals surface area contributed by atoms with Gasteiger partial charge in [-0.15, -0.1) is 10.2 Å². The van der Waals surface area contributed by atoms with Gasteiger partial charge in [-0.25, -0.2) is 8.42 Å². The van der Waals surface area contributed by atoms with Crippen LogP contribution in [-0.4, -0.2) is 35.8 Å². The van der Waals surface area contributed by atoms with Crippen molar-refractivity contribution in [3.05, 3.63) is 72.3 Å². The van der Waals surface area contributed by atoms with Gasteiger partial charge in [0.15, 0.2) is 6.61 Å². The molecule has 170 valence electrons. The van der Waals surface area contributed by atoms with E-state index in [2.05, 4.69) is 20.1 Å². The van der Waals surface area contributed by atoms with Gasteiger partial charge in [0.05, 0.1) is 4.90 Å². The molecular formula is C22H20N4O6S. The number of benzene rings is 2. The highest BCUT2D eigenvalue weighted by Crippen LogP contribution is 2.33. The molecule has 11 heteroatoms. The lowest BCUT2D eigenvalue weighted by atomic mass is 10.1. The number of hydrogen-bond donors (Lipinski definition) is 1. The van der Waals surface area contributed by atoms with Crippen molar-refractivity contribution in [3.8, 4) is 22.7 Å². The Morgan fingerprint density at radius 1 is 1.06 bits per heavy atom. The largest absolute Gasteiger partial charge is 0.454 e. The van der Waals surface area contributed by atoms with E-state index in [0.717, 1.165) is 5.56 Å². The monoisotopic (exact) mass is 468 g/mol. The van der Waals surface area contributed by atoms with Crippen LogP contribution in [0.2, 0.25) is 0 Å². The Bertz CT molecular complexity index is 1350. The molecule has 1 atom stereocenters. The van der Waals surface area contributed by atoms with E-state index >= 15 is 0 Å². The van der Waals surface area contributed by atoms with Crippen LogP contribution in [0.3, 0.4) is 0 Å². The zero-order valence-corrected chi connectivity index (χ0v) is 18.6. The van der Waals surface area contributed by atoms with E-state index in [4.69, 9.17) is 13.7 Å². The standard InChI is InChI=1S/C22H20N4O6S/c1-14(26-33(28,29)17-11-7-4-8-12-17)22(27)30-13-18-23-24-21(31-18)19-15(2)32-25-20(19)16-9-5-3-6-10-16/h3-12,14,26H,13H2,1-2H3/t14-/m0/s1. The maximum Gasteiger partial charge on any atom is 0.324 e. The number of aryl methyl sites for hydroxylation is 1. The number of ether oxygens (including phenoxy) is 1. The summed E-state index contributed by atoms with van der Waals surface area (Å²) in [5, 5.41) is 12.0. The molecule has 10 nitrogen and oxygen atoms in total. The molecule has 0 bridgehead atoms. The van der Waals surface area contributed by atoms with Gasteiger partial charge in [0.1, 0.15) is 23.1 Å². The van der Waals surface area contributed by atoms with Gasteiger partial charge in [0.25, 0.3) is 11.8 Å². The van der Waals surface area contributed by atoms with Crippen LogP contribution < -0.4 is 4.72 Å². The minimum absolute atomic E-state index is 0.0380. The van der Waals surface area contributed by atoms with E-state index in [0.29, 0.717) is 17.0 Å². The van der Waals surface area contributed by atoms with E-state index < -0.39 is 22.0 Å². The highest BCUT2D eigenvalue weighted by molar-refractivity contribution is 7.89. The fourth-order valence-corrected chi connectivity index (χ4v) is 4.25. The topological polar surface area (TPSA) is 137 Å². The molecule has 0 spiro atoms. The molecule has 0 unspecified atom stereocenters. The average molecular weight is 468 g/mol. The second kappa shape index (κ2) is 9.35. The lowest BCUT2D eigenvalue weighted by molar-refractivity contribution is -0.147. The summed E-state index contributed by atoms with van der Waals surface area (Å²) in [5.41, 5.74) is 1.90. The number of hydrogen-bond acceptors (Lipinski definition) is 9. The average Bonchev–Trinajstić information content (AvgIpc) is 3.44. The van der Waals surface area contributed by atoms with Crippen LogP contribution in [0.1, 0.15) is 18.6 Å². The van der Waals surface area contributed by atoms with Crippen LogP contribution >= 0.6 is 0 Å². The van der Waals surface area contributed by atoms with Crippen LogP contribution in [-0.2, 0) is 26.2 Å². The molecule has 4 rings (SSSR count). The highest BCUT2D eigenvalue weighted by atomic mass is 32.2. The maximum absolute atomic E-state index is 12.4. The zero-order chi connectivity index (χ0) is 23.4. The molecule has 0 aliphatic heterocycles. The number of sulfonamides is 1. The number of esters is 1. The van der Waals surface area contributed by atoms with Gasteiger partial charge >= 0.3 is 5.97 Å². The van der Waals surface area contributed by atoms with Crippen LogP contribution in [0.25, 0.3) is 22.7 Å². The third-order valence-corrected chi connectivity index (χ3v) is 6.22.